The van der Waals surface area contributed by atoms with Gasteiger partial charge in [-0.3, -0.25) is 9.59 Å². The quantitative estimate of drug-likeness (QED) is 0.874. The maximum Gasteiger partial charge on any atom is 0.244 e. The van der Waals surface area contributed by atoms with Crippen molar-refractivity contribution in [3.8, 4) is 0 Å². The van der Waals surface area contributed by atoms with Gasteiger partial charge in [0.1, 0.15) is 6.54 Å². The Morgan fingerprint density at radius 3 is 2.30 bits per heavy atom. The largest absolute Gasteiger partial charge is 0.372 e. The Bertz CT molecular complexity index is 824. The lowest BCUT2D eigenvalue weighted by Gasteiger charge is -2.23. The Hall–Kier alpha value is -2.82. The first-order valence-electron chi connectivity index (χ1n) is 9.44. The maximum absolute atomic E-state index is 12.5. The van der Waals surface area contributed by atoms with E-state index in [1.165, 1.54) is 30.4 Å². The first kappa shape index (κ1) is 19.0. The lowest BCUT2D eigenvalue weighted by molar-refractivity contribution is -0.120. The van der Waals surface area contributed by atoms with Crippen molar-refractivity contribution in [3.05, 3.63) is 53.6 Å². The average molecular weight is 365 g/mol. The van der Waals surface area contributed by atoms with Gasteiger partial charge < -0.3 is 15.1 Å². The predicted octanol–water partition coefficient (Wildman–Crippen LogP) is 3.90. The van der Waals surface area contributed by atoms with Crippen molar-refractivity contribution in [3.63, 3.8) is 0 Å². The van der Waals surface area contributed by atoms with E-state index >= 15 is 0 Å². The van der Waals surface area contributed by atoms with Gasteiger partial charge >= 0.3 is 0 Å². The minimum Gasteiger partial charge on any atom is -0.372 e. The van der Waals surface area contributed by atoms with Gasteiger partial charge in [-0.1, -0.05) is 17.7 Å². The molecule has 1 aliphatic heterocycles. The van der Waals surface area contributed by atoms with Crippen LogP contribution in [0.25, 0.3) is 0 Å². The lowest BCUT2D eigenvalue weighted by Crippen LogP contribution is -2.37. The number of rotatable bonds is 5. The molecular weight excluding hydrogens is 338 g/mol. The number of carbonyl (C=O) groups excluding carboxylic acids is 2. The van der Waals surface area contributed by atoms with Crippen molar-refractivity contribution in [2.45, 2.75) is 33.6 Å². The van der Waals surface area contributed by atoms with Gasteiger partial charge in [-0.05, 0) is 62.6 Å². The molecule has 5 nitrogen and oxygen atoms in total. The number of hydrogen-bond acceptors (Lipinski definition) is 3. The van der Waals surface area contributed by atoms with Gasteiger partial charge in [-0.2, -0.15) is 0 Å². The fraction of sp³-hybridized carbons (Fsp3) is 0.364. The van der Waals surface area contributed by atoms with Gasteiger partial charge in [0.2, 0.25) is 11.8 Å². The van der Waals surface area contributed by atoms with Crippen LogP contribution < -0.4 is 15.1 Å². The molecule has 5 heteroatoms. The zero-order chi connectivity index (χ0) is 19.4. The van der Waals surface area contributed by atoms with Crippen LogP contribution in [-0.4, -0.2) is 31.4 Å². The van der Waals surface area contributed by atoms with E-state index in [9.17, 15) is 9.59 Å². The number of nitrogens with zero attached hydrogens (tertiary/aromatic N) is 2. The molecule has 1 heterocycles. The number of nitrogens with one attached hydrogen (secondary N) is 1. The Kier molecular flexibility index (Phi) is 5.79. The first-order chi connectivity index (χ1) is 12.9. The summed E-state index contributed by atoms with van der Waals surface area (Å²) >= 11 is 0. The zero-order valence-electron chi connectivity index (χ0n) is 16.3. The molecule has 3 rings (SSSR count). The molecule has 1 saturated heterocycles. The van der Waals surface area contributed by atoms with E-state index in [0.717, 1.165) is 35.6 Å². The van der Waals surface area contributed by atoms with Crippen LogP contribution in [0.1, 0.15) is 30.9 Å². The summed E-state index contributed by atoms with van der Waals surface area (Å²) in [4.78, 5) is 28.5. The van der Waals surface area contributed by atoms with E-state index in [2.05, 4.69) is 10.2 Å². The summed E-state index contributed by atoms with van der Waals surface area (Å²) in [6.07, 6.45) is 2.47. The maximum atomic E-state index is 12.5. The van der Waals surface area contributed by atoms with Crippen molar-refractivity contribution in [2.24, 2.45) is 0 Å². The molecule has 1 fully saturated rings. The predicted molar refractivity (Wildman–Crippen MR) is 110 cm³/mol. The molecule has 0 saturated carbocycles. The number of aryl methyl sites for hydroxylation is 2. The van der Waals surface area contributed by atoms with E-state index in [0.29, 0.717) is 0 Å². The van der Waals surface area contributed by atoms with Crippen LogP contribution in [0.5, 0.6) is 0 Å². The smallest absolute Gasteiger partial charge is 0.244 e. The molecule has 0 aromatic heterocycles. The number of carbonyl (C=O) groups is 2. The molecule has 142 valence electrons. The third kappa shape index (κ3) is 4.67. The molecule has 1 aliphatic rings. The van der Waals surface area contributed by atoms with Crippen LogP contribution >= 0.6 is 0 Å². The monoisotopic (exact) mass is 365 g/mol. The first-order valence-corrected chi connectivity index (χ1v) is 9.44. The lowest BCUT2D eigenvalue weighted by atomic mass is 10.1. The van der Waals surface area contributed by atoms with E-state index in [1.807, 2.05) is 56.3 Å². The fourth-order valence-corrected chi connectivity index (χ4v) is 3.55. The van der Waals surface area contributed by atoms with E-state index in [1.54, 1.807) is 0 Å². The van der Waals surface area contributed by atoms with Gasteiger partial charge in [-0.25, -0.2) is 0 Å². The minimum absolute atomic E-state index is 0.00683. The number of hydrogen-bond donors (Lipinski definition) is 1. The molecule has 0 aliphatic carbocycles. The van der Waals surface area contributed by atoms with Crippen LogP contribution in [0, 0.1) is 13.8 Å². The Morgan fingerprint density at radius 2 is 1.70 bits per heavy atom. The van der Waals surface area contributed by atoms with E-state index < -0.39 is 0 Å². The molecule has 2 aromatic rings. The minimum atomic E-state index is -0.209. The Morgan fingerprint density at radius 1 is 1.04 bits per heavy atom. The van der Waals surface area contributed by atoms with Crippen molar-refractivity contribution in [2.75, 3.05) is 34.8 Å². The third-order valence-corrected chi connectivity index (χ3v) is 4.95. The summed E-state index contributed by atoms with van der Waals surface area (Å²) in [7, 11) is 0. The van der Waals surface area contributed by atoms with Crippen molar-refractivity contribution >= 4 is 28.9 Å². The molecule has 2 amide bonds. The zero-order valence-corrected chi connectivity index (χ0v) is 16.3. The second-order valence-electron chi connectivity index (χ2n) is 7.18. The van der Waals surface area contributed by atoms with Gasteiger partial charge in [0, 0.05) is 37.1 Å². The van der Waals surface area contributed by atoms with E-state index in [-0.39, 0.29) is 18.4 Å². The molecule has 0 unspecified atom stereocenters. The average Bonchev–Trinajstić information content (AvgIpc) is 3.15. The fourth-order valence-electron chi connectivity index (χ4n) is 3.55. The number of anilines is 3. The summed E-state index contributed by atoms with van der Waals surface area (Å²) in [5.41, 5.74) is 4.81. The molecular formula is C22H27N3O2. The molecule has 1 N–H and O–H groups in total. The molecule has 27 heavy (non-hydrogen) atoms. The Labute approximate surface area is 161 Å². The molecule has 0 bridgehead atoms. The van der Waals surface area contributed by atoms with Crippen molar-refractivity contribution in [1.82, 2.24) is 0 Å². The van der Waals surface area contributed by atoms with Crippen LogP contribution in [-0.2, 0) is 9.59 Å². The van der Waals surface area contributed by atoms with Crippen molar-refractivity contribution < 1.29 is 9.59 Å². The third-order valence-electron chi connectivity index (χ3n) is 4.95. The number of amides is 2. The van der Waals surface area contributed by atoms with Gasteiger partial charge in [0.05, 0.1) is 0 Å². The van der Waals surface area contributed by atoms with Crippen LogP contribution in [0.4, 0.5) is 17.1 Å². The highest BCUT2D eigenvalue weighted by Crippen LogP contribution is 2.23. The molecule has 0 atom stereocenters. The van der Waals surface area contributed by atoms with Gasteiger partial charge in [0.25, 0.3) is 0 Å². The molecule has 2 aromatic carbocycles. The van der Waals surface area contributed by atoms with Crippen LogP contribution in [0.2, 0.25) is 0 Å². The summed E-state index contributed by atoms with van der Waals surface area (Å²) in [6, 6.07) is 13.8. The highest BCUT2D eigenvalue weighted by Gasteiger charge is 2.18. The number of benzene rings is 2. The second kappa shape index (κ2) is 8.25. The topological polar surface area (TPSA) is 52.7 Å². The molecule has 0 spiro atoms. The molecule has 0 radical (unpaired) electrons. The van der Waals surface area contributed by atoms with Crippen LogP contribution in [0.3, 0.4) is 0 Å². The van der Waals surface area contributed by atoms with Crippen LogP contribution in [0.15, 0.2) is 42.5 Å². The second-order valence-corrected chi connectivity index (χ2v) is 7.18. The normalized spacial score (nSPS) is 13.5. The Balaban J connectivity index is 1.66. The van der Waals surface area contributed by atoms with E-state index in [4.69, 9.17) is 0 Å². The highest BCUT2D eigenvalue weighted by atomic mass is 16.2. The SMILES string of the molecule is CC(=O)N(CC(=O)Nc1ccc(N2CCCC2)cc1)c1ccc(C)cc1C. The summed E-state index contributed by atoms with van der Waals surface area (Å²) in [5.74, 6) is -0.361. The summed E-state index contributed by atoms with van der Waals surface area (Å²) < 4.78 is 0. The summed E-state index contributed by atoms with van der Waals surface area (Å²) in [5, 5.41) is 2.89. The van der Waals surface area contributed by atoms with Crippen molar-refractivity contribution in [1.29, 1.82) is 0 Å². The highest BCUT2D eigenvalue weighted by molar-refractivity contribution is 6.02. The van der Waals surface area contributed by atoms with Gasteiger partial charge in [-0.15, -0.1) is 0 Å². The van der Waals surface area contributed by atoms with Gasteiger partial charge in [0.15, 0.2) is 0 Å². The summed E-state index contributed by atoms with van der Waals surface area (Å²) in [6.45, 7) is 7.62. The standard InChI is InChI=1S/C22H27N3O2/c1-16-6-11-21(17(2)14-16)25(18(3)26)15-22(27)23-19-7-9-20(10-8-19)24-12-4-5-13-24/h6-11,14H,4-5,12-13,15H2,1-3H3,(H,23,27).